The Hall–Kier alpha value is -4.35. The molecule has 3 rings (SSSR count). The molecule has 1 aliphatic carbocycles. The average Bonchev–Trinajstić information content (AvgIpc) is 3.09. The SMILES string of the molecule is COc1c(OC(=O)CCCO[N+](=O)[O-])cc2c(c1OC)-c1ccc(OC)c(=O)cc1C(NC(C)=O)CC2. The third kappa shape index (κ3) is 6.26. The Labute approximate surface area is 212 Å². The first-order valence-corrected chi connectivity index (χ1v) is 11.5. The molecule has 12 heteroatoms. The van der Waals surface area contributed by atoms with Crippen LogP contribution in [0.1, 0.15) is 43.4 Å². The third-order valence-corrected chi connectivity index (χ3v) is 5.82. The molecule has 0 aromatic heterocycles. The Morgan fingerprint density at radius 3 is 2.43 bits per heavy atom. The highest BCUT2D eigenvalue weighted by molar-refractivity contribution is 5.84. The number of methoxy groups -OCH3 is 3. The van der Waals surface area contributed by atoms with Crippen molar-refractivity contribution in [3.8, 4) is 34.1 Å². The minimum Gasteiger partial charge on any atom is -0.493 e. The molecule has 2 aromatic rings. The second kappa shape index (κ2) is 12.1. The van der Waals surface area contributed by atoms with E-state index in [1.54, 1.807) is 18.2 Å². The number of nitrogens with zero attached hydrogens (tertiary/aromatic N) is 1. The molecule has 1 aliphatic rings. The molecule has 198 valence electrons. The summed E-state index contributed by atoms with van der Waals surface area (Å²) in [4.78, 5) is 51.7. The number of rotatable bonds is 10. The predicted octanol–water partition coefficient (Wildman–Crippen LogP) is 2.76. The normalized spacial score (nSPS) is 13.8. The van der Waals surface area contributed by atoms with Crippen LogP contribution in [0.5, 0.6) is 23.0 Å². The predicted molar refractivity (Wildman–Crippen MR) is 130 cm³/mol. The van der Waals surface area contributed by atoms with Crippen molar-refractivity contribution < 1.29 is 38.5 Å². The van der Waals surface area contributed by atoms with Crippen LogP contribution in [-0.2, 0) is 20.8 Å². The zero-order valence-electron chi connectivity index (χ0n) is 21.0. The summed E-state index contributed by atoms with van der Waals surface area (Å²) in [6, 6.07) is 5.89. The van der Waals surface area contributed by atoms with E-state index in [2.05, 4.69) is 10.2 Å². The monoisotopic (exact) mass is 516 g/mol. The number of ether oxygens (including phenoxy) is 4. The molecular weight excluding hydrogens is 488 g/mol. The van der Waals surface area contributed by atoms with E-state index in [0.717, 1.165) is 5.56 Å². The highest BCUT2D eigenvalue weighted by Gasteiger charge is 2.30. The topological polar surface area (TPSA) is 153 Å². The Bertz CT molecular complexity index is 1260. The zero-order chi connectivity index (χ0) is 27.1. The molecule has 0 spiro atoms. The maximum absolute atomic E-state index is 12.8. The van der Waals surface area contributed by atoms with E-state index in [9.17, 15) is 24.5 Å². The number of aryl methyl sites for hydroxylation is 1. The van der Waals surface area contributed by atoms with Crippen LogP contribution in [0.25, 0.3) is 11.1 Å². The number of carbonyl (C=O) groups excluding carboxylic acids is 2. The maximum Gasteiger partial charge on any atom is 0.311 e. The van der Waals surface area contributed by atoms with Crippen LogP contribution < -0.4 is 29.7 Å². The lowest BCUT2D eigenvalue weighted by Gasteiger charge is -2.20. The molecule has 37 heavy (non-hydrogen) atoms. The van der Waals surface area contributed by atoms with Crippen LogP contribution in [-0.4, -0.2) is 44.9 Å². The Morgan fingerprint density at radius 2 is 1.81 bits per heavy atom. The molecule has 0 saturated heterocycles. The number of carbonyl (C=O) groups is 2. The van der Waals surface area contributed by atoms with Gasteiger partial charge in [-0.3, -0.25) is 14.4 Å². The molecular formula is C25H28N2O10. The van der Waals surface area contributed by atoms with Gasteiger partial charge in [-0.2, -0.15) is 0 Å². The summed E-state index contributed by atoms with van der Waals surface area (Å²) in [7, 11) is 4.24. The molecule has 0 bridgehead atoms. The first kappa shape index (κ1) is 27.2. The van der Waals surface area contributed by atoms with Gasteiger partial charge in [0, 0.05) is 18.9 Å². The molecule has 1 atom stereocenters. The summed E-state index contributed by atoms with van der Waals surface area (Å²) in [6.07, 6.45) is 0.871. The van der Waals surface area contributed by atoms with Gasteiger partial charge < -0.3 is 29.1 Å². The second-order valence-corrected chi connectivity index (χ2v) is 8.18. The maximum atomic E-state index is 12.8. The molecule has 12 nitrogen and oxygen atoms in total. The fourth-order valence-corrected chi connectivity index (χ4v) is 4.32. The van der Waals surface area contributed by atoms with Crippen LogP contribution in [0, 0.1) is 10.1 Å². The molecule has 0 heterocycles. The van der Waals surface area contributed by atoms with Crippen molar-refractivity contribution in [1.29, 1.82) is 0 Å². The number of fused-ring (bicyclic) bond motifs is 3. The van der Waals surface area contributed by atoms with Crippen molar-refractivity contribution >= 4 is 11.9 Å². The van der Waals surface area contributed by atoms with E-state index in [0.29, 0.717) is 29.5 Å². The summed E-state index contributed by atoms with van der Waals surface area (Å²) in [5, 5.41) is 12.3. The highest BCUT2D eigenvalue weighted by Crippen LogP contribution is 2.50. The van der Waals surface area contributed by atoms with Gasteiger partial charge in [-0.25, -0.2) is 0 Å². The number of benzene rings is 1. The fourth-order valence-electron chi connectivity index (χ4n) is 4.32. The summed E-state index contributed by atoms with van der Waals surface area (Å²) in [5.41, 5.74) is 2.22. The van der Waals surface area contributed by atoms with Gasteiger partial charge >= 0.3 is 5.97 Å². The van der Waals surface area contributed by atoms with E-state index in [-0.39, 0.29) is 53.8 Å². The first-order chi connectivity index (χ1) is 17.7. The van der Waals surface area contributed by atoms with E-state index < -0.39 is 17.1 Å². The van der Waals surface area contributed by atoms with E-state index in [1.165, 1.54) is 34.3 Å². The molecule has 0 aliphatic heterocycles. The van der Waals surface area contributed by atoms with Crippen LogP contribution in [0.2, 0.25) is 0 Å². The first-order valence-electron chi connectivity index (χ1n) is 11.5. The molecule has 0 saturated carbocycles. The lowest BCUT2D eigenvalue weighted by Crippen LogP contribution is -2.26. The van der Waals surface area contributed by atoms with Crippen molar-refractivity contribution in [2.45, 2.75) is 38.6 Å². The Balaban J connectivity index is 2.13. The molecule has 1 amide bonds. The van der Waals surface area contributed by atoms with Crippen molar-refractivity contribution in [2.24, 2.45) is 0 Å². The van der Waals surface area contributed by atoms with Gasteiger partial charge in [-0.05, 0) is 54.2 Å². The Morgan fingerprint density at radius 1 is 1.08 bits per heavy atom. The van der Waals surface area contributed by atoms with Gasteiger partial charge in [0.2, 0.25) is 17.1 Å². The molecule has 2 aromatic carbocycles. The average molecular weight is 517 g/mol. The van der Waals surface area contributed by atoms with E-state index in [4.69, 9.17) is 18.9 Å². The molecule has 1 N–H and O–H groups in total. The van der Waals surface area contributed by atoms with Gasteiger partial charge in [0.25, 0.3) is 5.09 Å². The second-order valence-electron chi connectivity index (χ2n) is 8.18. The molecule has 1 unspecified atom stereocenters. The van der Waals surface area contributed by atoms with Crippen molar-refractivity contribution in [3.63, 3.8) is 0 Å². The van der Waals surface area contributed by atoms with Crippen LogP contribution in [0.15, 0.2) is 29.1 Å². The van der Waals surface area contributed by atoms with Crippen LogP contribution in [0.3, 0.4) is 0 Å². The lowest BCUT2D eigenvalue weighted by molar-refractivity contribution is -0.757. The number of hydrogen-bond donors (Lipinski definition) is 1. The smallest absolute Gasteiger partial charge is 0.311 e. The summed E-state index contributed by atoms with van der Waals surface area (Å²) in [6.45, 7) is 1.16. The van der Waals surface area contributed by atoms with Crippen molar-refractivity contribution in [1.82, 2.24) is 5.32 Å². The van der Waals surface area contributed by atoms with E-state index >= 15 is 0 Å². The largest absolute Gasteiger partial charge is 0.493 e. The van der Waals surface area contributed by atoms with Gasteiger partial charge in [0.1, 0.15) is 0 Å². The number of esters is 1. The highest BCUT2D eigenvalue weighted by atomic mass is 16.9. The fraction of sp³-hybridized carbons (Fsp3) is 0.400. The Kier molecular flexibility index (Phi) is 8.88. The van der Waals surface area contributed by atoms with Crippen molar-refractivity contribution in [3.05, 3.63) is 55.7 Å². The van der Waals surface area contributed by atoms with Gasteiger partial charge in [-0.15, -0.1) is 10.1 Å². The minimum atomic E-state index is -0.927. The van der Waals surface area contributed by atoms with Gasteiger partial charge in [-0.1, -0.05) is 6.07 Å². The van der Waals surface area contributed by atoms with E-state index in [1.807, 2.05) is 0 Å². The third-order valence-electron chi connectivity index (χ3n) is 5.82. The summed E-state index contributed by atoms with van der Waals surface area (Å²) < 4.78 is 22.0. The molecule has 0 fully saturated rings. The standard InChI is InChI=1S/C25H28N2O10/c1-14(28)26-18-9-7-15-12-21(37-22(30)6-5-11-36-27(31)32)24(34-3)25(35-4)23(15)16-8-10-20(33-2)19(29)13-17(16)18/h8,10,12-13,18H,5-7,9,11H2,1-4H3,(H,26,28). The zero-order valence-corrected chi connectivity index (χ0v) is 21.0. The minimum absolute atomic E-state index is 0.0891. The summed E-state index contributed by atoms with van der Waals surface area (Å²) >= 11 is 0. The summed E-state index contributed by atoms with van der Waals surface area (Å²) in [5.74, 6) is -0.214. The lowest BCUT2D eigenvalue weighted by atomic mass is 9.95. The van der Waals surface area contributed by atoms with Crippen molar-refractivity contribution in [2.75, 3.05) is 27.9 Å². The quantitative estimate of drug-likeness (QED) is 0.164. The number of nitrogens with one attached hydrogen (secondary N) is 1. The van der Waals surface area contributed by atoms with Crippen LogP contribution >= 0.6 is 0 Å². The van der Waals surface area contributed by atoms with Crippen LogP contribution in [0.4, 0.5) is 0 Å². The van der Waals surface area contributed by atoms with Gasteiger partial charge in [0.05, 0.1) is 34.0 Å². The number of hydrogen-bond acceptors (Lipinski definition) is 10. The molecule has 0 radical (unpaired) electrons. The van der Waals surface area contributed by atoms with Gasteiger partial charge in [0.15, 0.2) is 17.2 Å². The number of amides is 1.